The normalized spacial score (nSPS) is 34.0. The summed E-state index contributed by atoms with van der Waals surface area (Å²) in [6.45, 7) is 11.9. The Balaban J connectivity index is 1.77. The van der Waals surface area contributed by atoms with Gasteiger partial charge in [-0.2, -0.15) is 0 Å². The highest BCUT2D eigenvalue weighted by atomic mass is 16.3. The van der Waals surface area contributed by atoms with Crippen LogP contribution in [0.4, 0.5) is 0 Å². The number of ketones is 3. The van der Waals surface area contributed by atoms with Gasteiger partial charge in [-0.15, -0.1) is 0 Å². The van der Waals surface area contributed by atoms with E-state index in [0.717, 1.165) is 25.7 Å². The van der Waals surface area contributed by atoms with Gasteiger partial charge in [-0.1, -0.05) is 54.4 Å². The number of carbonyl (C=O) groups excluding carboxylic acids is 3. The van der Waals surface area contributed by atoms with Crippen molar-refractivity contribution in [3.8, 4) is 11.5 Å². The van der Waals surface area contributed by atoms with Gasteiger partial charge in [0.25, 0.3) is 0 Å². The lowest BCUT2D eigenvalue weighted by atomic mass is 9.48. The van der Waals surface area contributed by atoms with Crippen LogP contribution in [0, 0.1) is 22.2 Å². The second-order valence-electron chi connectivity index (χ2n) is 14.5. The Bertz CT molecular complexity index is 1610. The van der Waals surface area contributed by atoms with E-state index in [1.54, 1.807) is 0 Å². The number of hydrogen-bond donors (Lipinski definition) is 4. The third-order valence-electron chi connectivity index (χ3n) is 10.9. The van der Waals surface area contributed by atoms with Crippen molar-refractivity contribution >= 4 is 22.9 Å². The zero-order valence-electron chi connectivity index (χ0n) is 24.6. The minimum atomic E-state index is -0.940. The molecule has 3 atom stereocenters. The first-order valence-corrected chi connectivity index (χ1v) is 14.5. The van der Waals surface area contributed by atoms with Crippen molar-refractivity contribution in [2.24, 2.45) is 22.2 Å². The van der Waals surface area contributed by atoms with Gasteiger partial charge in [-0.05, 0) is 77.0 Å². The van der Waals surface area contributed by atoms with Crippen LogP contribution in [0.15, 0.2) is 52.0 Å². The second-order valence-corrected chi connectivity index (χ2v) is 14.5. The van der Waals surface area contributed by atoms with Crippen LogP contribution in [0.2, 0.25) is 0 Å². The molecule has 6 rings (SSSR count). The highest BCUT2D eigenvalue weighted by molar-refractivity contribution is 6.53. The SMILES string of the molecule is CC1(C)CCCC2(C)C3=CC(=O)C(=O)C(=C4C(=O)C5C(C)(C)CCCC5(C)c5cc(O)c(O)cc54)C3=C(O)C(O)=C12. The standard InChI is InChI=1S/C34H38O7/c1-31(2)9-7-11-33(5)17-14-20(36)19(35)13-16(17)22(27(40)29(31)33)24-23-18(15-21(37)25(24)38)34(6)12-8-10-32(3,4)30(34)28(41)26(23)39/h13-15,29,35-36,39,41H,7-12H2,1-6H3. The van der Waals surface area contributed by atoms with Gasteiger partial charge in [0.05, 0.1) is 0 Å². The summed E-state index contributed by atoms with van der Waals surface area (Å²) in [5.41, 5.74) is -0.826. The van der Waals surface area contributed by atoms with Gasteiger partial charge in [-0.25, -0.2) is 0 Å². The van der Waals surface area contributed by atoms with Crippen LogP contribution in [-0.2, 0) is 19.8 Å². The van der Waals surface area contributed by atoms with Crippen molar-refractivity contribution in [1.82, 2.24) is 0 Å². The van der Waals surface area contributed by atoms with Crippen LogP contribution >= 0.6 is 0 Å². The second kappa shape index (κ2) is 8.24. The summed E-state index contributed by atoms with van der Waals surface area (Å²) < 4.78 is 0. The molecule has 41 heavy (non-hydrogen) atoms. The van der Waals surface area contributed by atoms with Crippen molar-refractivity contribution in [2.75, 3.05) is 0 Å². The number of Topliss-reactive ketones (excluding diaryl/α,β-unsaturated/α-hetero) is 2. The lowest BCUT2D eigenvalue weighted by Crippen LogP contribution is -2.53. The van der Waals surface area contributed by atoms with Gasteiger partial charge in [0.2, 0.25) is 11.6 Å². The van der Waals surface area contributed by atoms with Crippen molar-refractivity contribution < 1.29 is 34.8 Å². The van der Waals surface area contributed by atoms with Gasteiger partial charge in [0.1, 0.15) is 0 Å². The Morgan fingerprint density at radius 1 is 0.732 bits per heavy atom. The minimum absolute atomic E-state index is 0.00938. The maximum absolute atomic E-state index is 14.8. The number of fused-ring (bicyclic) bond motifs is 6. The Kier molecular flexibility index (Phi) is 5.54. The molecule has 0 aromatic heterocycles. The molecular formula is C34H38O7. The maximum atomic E-state index is 14.8. The fourth-order valence-electron chi connectivity index (χ4n) is 9.32. The molecule has 1 aromatic rings. The predicted octanol–water partition coefficient (Wildman–Crippen LogP) is 6.45. The molecule has 3 unspecified atom stereocenters. The summed E-state index contributed by atoms with van der Waals surface area (Å²) in [5, 5.41) is 44.3. The van der Waals surface area contributed by atoms with Gasteiger partial charge in [0.15, 0.2) is 28.8 Å². The highest BCUT2D eigenvalue weighted by Crippen LogP contribution is 2.63. The molecule has 0 aliphatic heterocycles. The zero-order valence-corrected chi connectivity index (χ0v) is 24.6. The van der Waals surface area contributed by atoms with Crippen LogP contribution < -0.4 is 0 Å². The molecule has 1 aromatic carbocycles. The first-order chi connectivity index (χ1) is 19.0. The number of aromatic hydroxyl groups is 2. The molecule has 0 spiro atoms. The molecule has 2 fully saturated rings. The Morgan fingerprint density at radius 3 is 2.05 bits per heavy atom. The molecule has 0 bridgehead atoms. The molecule has 7 heteroatoms. The lowest BCUT2D eigenvalue weighted by molar-refractivity contribution is -0.132. The zero-order chi connectivity index (χ0) is 30.0. The molecule has 0 heterocycles. The summed E-state index contributed by atoms with van der Waals surface area (Å²) in [4.78, 5) is 42.1. The van der Waals surface area contributed by atoms with Crippen LogP contribution in [0.1, 0.15) is 91.2 Å². The predicted molar refractivity (Wildman–Crippen MR) is 153 cm³/mol. The lowest BCUT2D eigenvalue weighted by Gasteiger charge is -2.54. The molecule has 5 aliphatic rings. The van der Waals surface area contributed by atoms with Crippen LogP contribution in [-0.4, -0.2) is 37.8 Å². The molecule has 0 radical (unpaired) electrons. The molecule has 7 nitrogen and oxygen atoms in total. The molecule has 216 valence electrons. The minimum Gasteiger partial charge on any atom is -0.504 e. The summed E-state index contributed by atoms with van der Waals surface area (Å²) in [6.07, 6.45) is 5.74. The van der Waals surface area contributed by atoms with Crippen molar-refractivity contribution in [3.63, 3.8) is 0 Å². The number of carbonyl (C=O) groups is 3. The smallest absolute Gasteiger partial charge is 0.234 e. The summed E-state index contributed by atoms with van der Waals surface area (Å²) in [7, 11) is 0. The molecule has 0 saturated heterocycles. The van der Waals surface area contributed by atoms with E-state index in [0.29, 0.717) is 29.6 Å². The van der Waals surface area contributed by atoms with E-state index < -0.39 is 50.7 Å². The average molecular weight is 559 g/mol. The van der Waals surface area contributed by atoms with E-state index in [4.69, 9.17) is 0 Å². The van der Waals surface area contributed by atoms with E-state index in [1.807, 2.05) is 41.5 Å². The first-order valence-electron chi connectivity index (χ1n) is 14.5. The number of phenolic OH excluding ortho intramolecular Hbond substituents is 2. The van der Waals surface area contributed by atoms with E-state index in [-0.39, 0.29) is 39.6 Å². The maximum Gasteiger partial charge on any atom is 0.234 e. The third-order valence-corrected chi connectivity index (χ3v) is 10.9. The molecule has 4 N–H and O–H groups in total. The van der Waals surface area contributed by atoms with E-state index in [2.05, 4.69) is 0 Å². The van der Waals surface area contributed by atoms with Crippen LogP contribution in [0.5, 0.6) is 11.5 Å². The number of benzene rings is 1. The molecular weight excluding hydrogens is 520 g/mol. The topological polar surface area (TPSA) is 132 Å². The monoisotopic (exact) mass is 558 g/mol. The van der Waals surface area contributed by atoms with Gasteiger partial charge >= 0.3 is 0 Å². The largest absolute Gasteiger partial charge is 0.504 e. The molecule has 0 amide bonds. The number of phenols is 2. The average Bonchev–Trinajstić information content (AvgIpc) is 2.85. The molecule has 5 aliphatic carbocycles. The Morgan fingerprint density at radius 2 is 1.37 bits per heavy atom. The Hall–Kier alpha value is -3.61. The van der Waals surface area contributed by atoms with E-state index >= 15 is 0 Å². The fraction of sp³-hybridized carbons (Fsp3) is 0.500. The third kappa shape index (κ3) is 3.41. The van der Waals surface area contributed by atoms with Crippen molar-refractivity contribution in [1.29, 1.82) is 0 Å². The van der Waals surface area contributed by atoms with E-state index in [9.17, 15) is 34.8 Å². The van der Waals surface area contributed by atoms with Crippen LogP contribution in [0.25, 0.3) is 5.57 Å². The van der Waals surface area contributed by atoms with Crippen molar-refractivity contribution in [2.45, 2.75) is 85.5 Å². The molecule has 2 saturated carbocycles. The van der Waals surface area contributed by atoms with Gasteiger partial charge in [-0.3, -0.25) is 14.4 Å². The first kappa shape index (κ1) is 27.6. The van der Waals surface area contributed by atoms with Crippen LogP contribution in [0.3, 0.4) is 0 Å². The quantitative estimate of drug-likeness (QED) is 0.163. The fourth-order valence-corrected chi connectivity index (χ4v) is 9.32. The van der Waals surface area contributed by atoms with Gasteiger partial charge < -0.3 is 20.4 Å². The summed E-state index contributed by atoms with van der Waals surface area (Å²) in [5.74, 6) is -4.28. The van der Waals surface area contributed by atoms with Crippen molar-refractivity contribution in [3.05, 3.63) is 63.1 Å². The van der Waals surface area contributed by atoms with E-state index in [1.165, 1.54) is 18.2 Å². The number of aliphatic hydroxyl groups excluding tert-OH is 2. The Labute approximate surface area is 240 Å². The number of hydrogen-bond acceptors (Lipinski definition) is 7. The summed E-state index contributed by atoms with van der Waals surface area (Å²) in [6, 6.07) is 2.75. The highest BCUT2D eigenvalue weighted by Gasteiger charge is 2.58. The summed E-state index contributed by atoms with van der Waals surface area (Å²) >= 11 is 0. The van der Waals surface area contributed by atoms with Gasteiger partial charge in [0, 0.05) is 33.5 Å². The number of rotatable bonds is 0. The number of aliphatic hydroxyl groups is 2. The number of allylic oxidation sites excluding steroid dienone is 6.